The fraction of sp³-hybridized carbons (Fsp3) is 0.467. The van der Waals surface area contributed by atoms with Crippen LogP contribution >= 0.6 is 12.2 Å². The number of benzene rings is 1. The van der Waals surface area contributed by atoms with Crippen molar-refractivity contribution in [3.05, 3.63) is 28.5 Å². The van der Waals surface area contributed by atoms with Gasteiger partial charge in [-0.2, -0.15) is 0 Å². The number of nitrogens with one attached hydrogen (secondary N) is 1. The zero-order valence-corrected chi connectivity index (χ0v) is 13.1. The van der Waals surface area contributed by atoms with Crippen LogP contribution < -0.4 is 0 Å². The van der Waals surface area contributed by atoms with E-state index in [9.17, 15) is 4.79 Å². The van der Waals surface area contributed by atoms with Crippen LogP contribution in [0, 0.1) is 11.7 Å². The van der Waals surface area contributed by atoms with E-state index in [0.717, 1.165) is 24.1 Å². The summed E-state index contributed by atoms with van der Waals surface area (Å²) in [4.78, 5) is 17.1. The molecule has 2 rings (SSSR count). The molecule has 0 fully saturated rings. The molecule has 0 aliphatic heterocycles. The number of hydrogen-bond donors (Lipinski definition) is 1. The Labute approximate surface area is 124 Å². The van der Waals surface area contributed by atoms with Crippen molar-refractivity contribution in [1.82, 2.24) is 14.5 Å². The van der Waals surface area contributed by atoms with Gasteiger partial charge in [-0.15, -0.1) is 0 Å². The largest absolute Gasteiger partial charge is 0.343 e. The number of fused-ring (bicyclic) bond motifs is 1. The standard InChI is InChI=1S/C15H21N3OS/c1-4-17(5-2)14(19)8-9-18-13-10-11(3)6-7-12(13)16-15(18)20/h6-7,10H,4-5,8-9H2,1-3H3,(H,16,20). The van der Waals surface area contributed by atoms with E-state index in [-0.39, 0.29) is 5.91 Å². The molecule has 4 nitrogen and oxygen atoms in total. The topological polar surface area (TPSA) is 41.0 Å². The van der Waals surface area contributed by atoms with Gasteiger partial charge in [-0.25, -0.2) is 0 Å². The minimum atomic E-state index is 0.180. The van der Waals surface area contributed by atoms with Crippen LogP contribution in [0.5, 0.6) is 0 Å². The first kappa shape index (κ1) is 14.8. The van der Waals surface area contributed by atoms with E-state index in [0.29, 0.717) is 17.7 Å². The third kappa shape index (κ3) is 2.93. The molecule has 5 heteroatoms. The lowest BCUT2D eigenvalue weighted by molar-refractivity contribution is -0.131. The molecule has 0 aliphatic rings. The van der Waals surface area contributed by atoms with E-state index in [1.165, 1.54) is 5.56 Å². The van der Waals surface area contributed by atoms with Gasteiger partial charge in [-0.05, 0) is 50.7 Å². The molecule has 1 amide bonds. The molecule has 0 unspecified atom stereocenters. The lowest BCUT2D eigenvalue weighted by atomic mass is 10.2. The molecule has 1 N–H and O–H groups in total. The highest BCUT2D eigenvalue weighted by atomic mass is 32.1. The lowest BCUT2D eigenvalue weighted by Gasteiger charge is -2.18. The fourth-order valence-corrected chi connectivity index (χ4v) is 2.73. The Morgan fingerprint density at radius 1 is 1.35 bits per heavy atom. The van der Waals surface area contributed by atoms with Gasteiger partial charge in [0.15, 0.2) is 4.77 Å². The second-order valence-corrected chi connectivity index (χ2v) is 5.31. The van der Waals surface area contributed by atoms with E-state index >= 15 is 0 Å². The Bertz CT molecular complexity index is 667. The van der Waals surface area contributed by atoms with Crippen LogP contribution in [-0.2, 0) is 11.3 Å². The van der Waals surface area contributed by atoms with Gasteiger partial charge in [0.05, 0.1) is 11.0 Å². The van der Waals surface area contributed by atoms with Crippen molar-refractivity contribution in [3.8, 4) is 0 Å². The number of rotatable bonds is 5. The molecule has 20 heavy (non-hydrogen) atoms. The summed E-state index contributed by atoms with van der Waals surface area (Å²) >= 11 is 5.35. The molecule has 1 aromatic carbocycles. The van der Waals surface area contributed by atoms with Crippen molar-refractivity contribution in [3.63, 3.8) is 0 Å². The summed E-state index contributed by atoms with van der Waals surface area (Å²) in [5, 5.41) is 0. The lowest BCUT2D eigenvalue weighted by Crippen LogP contribution is -2.31. The summed E-state index contributed by atoms with van der Waals surface area (Å²) in [7, 11) is 0. The van der Waals surface area contributed by atoms with Crippen molar-refractivity contribution < 1.29 is 4.79 Å². The predicted molar refractivity (Wildman–Crippen MR) is 84.4 cm³/mol. The van der Waals surface area contributed by atoms with E-state index in [1.54, 1.807) is 0 Å². The van der Waals surface area contributed by atoms with Gasteiger partial charge in [-0.3, -0.25) is 4.79 Å². The van der Waals surface area contributed by atoms with Gasteiger partial charge in [0.2, 0.25) is 5.91 Å². The van der Waals surface area contributed by atoms with Crippen LogP contribution in [0.3, 0.4) is 0 Å². The predicted octanol–water partition coefficient (Wildman–Crippen LogP) is 3.27. The second-order valence-electron chi connectivity index (χ2n) is 4.92. The summed E-state index contributed by atoms with van der Waals surface area (Å²) in [6.07, 6.45) is 0.483. The Morgan fingerprint density at radius 3 is 2.70 bits per heavy atom. The summed E-state index contributed by atoms with van der Waals surface area (Å²) < 4.78 is 2.69. The van der Waals surface area contributed by atoms with Gasteiger partial charge in [0, 0.05) is 26.1 Å². The molecule has 1 aromatic heterocycles. The molecular weight excluding hydrogens is 270 g/mol. The normalized spacial score (nSPS) is 10.9. The van der Waals surface area contributed by atoms with Crippen LogP contribution in [0.4, 0.5) is 0 Å². The summed E-state index contributed by atoms with van der Waals surface area (Å²) in [6.45, 7) is 8.20. The molecule has 108 valence electrons. The number of H-pyrrole nitrogens is 1. The van der Waals surface area contributed by atoms with E-state index in [1.807, 2.05) is 29.4 Å². The number of nitrogens with zero attached hydrogens (tertiary/aromatic N) is 2. The third-order valence-electron chi connectivity index (χ3n) is 3.60. The average molecular weight is 291 g/mol. The third-order valence-corrected chi connectivity index (χ3v) is 3.92. The van der Waals surface area contributed by atoms with Crippen molar-refractivity contribution in [1.29, 1.82) is 0 Å². The Kier molecular flexibility index (Phi) is 4.60. The average Bonchev–Trinajstić information content (AvgIpc) is 2.73. The number of carbonyl (C=O) groups excluding carboxylic acids is 1. The molecule has 0 spiro atoms. The van der Waals surface area contributed by atoms with Gasteiger partial charge in [0.25, 0.3) is 0 Å². The molecule has 0 atom stereocenters. The molecule has 2 aromatic rings. The quantitative estimate of drug-likeness (QED) is 0.859. The van der Waals surface area contributed by atoms with Gasteiger partial charge in [0.1, 0.15) is 0 Å². The number of imidazole rings is 1. The number of aromatic nitrogens is 2. The molecule has 0 radical (unpaired) electrons. The minimum Gasteiger partial charge on any atom is -0.343 e. The molecule has 1 heterocycles. The van der Waals surface area contributed by atoms with Crippen molar-refractivity contribution >= 4 is 29.2 Å². The van der Waals surface area contributed by atoms with Gasteiger partial charge >= 0.3 is 0 Å². The second kappa shape index (κ2) is 6.22. The summed E-state index contributed by atoms with van der Waals surface area (Å²) in [5.74, 6) is 0.180. The fourth-order valence-electron chi connectivity index (χ4n) is 2.43. The maximum atomic E-state index is 12.1. The van der Waals surface area contributed by atoms with Crippen molar-refractivity contribution in [2.24, 2.45) is 0 Å². The van der Waals surface area contributed by atoms with E-state index in [2.05, 4.69) is 24.0 Å². The maximum absolute atomic E-state index is 12.1. The Hall–Kier alpha value is -1.62. The van der Waals surface area contributed by atoms with Crippen LogP contribution in [0.2, 0.25) is 0 Å². The van der Waals surface area contributed by atoms with Crippen LogP contribution in [0.25, 0.3) is 11.0 Å². The van der Waals surface area contributed by atoms with Gasteiger partial charge < -0.3 is 14.5 Å². The highest BCUT2D eigenvalue weighted by Crippen LogP contribution is 2.16. The molecule has 0 saturated heterocycles. The first-order chi connectivity index (χ1) is 9.56. The Morgan fingerprint density at radius 2 is 2.05 bits per heavy atom. The molecule has 0 aliphatic carbocycles. The highest BCUT2D eigenvalue weighted by molar-refractivity contribution is 7.71. The van der Waals surface area contributed by atoms with Crippen molar-refractivity contribution in [2.75, 3.05) is 13.1 Å². The Balaban J connectivity index is 2.22. The van der Waals surface area contributed by atoms with Crippen LogP contribution in [0.15, 0.2) is 18.2 Å². The minimum absolute atomic E-state index is 0.180. The number of amides is 1. The molecule has 0 bridgehead atoms. The molecule has 0 saturated carbocycles. The maximum Gasteiger partial charge on any atom is 0.224 e. The van der Waals surface area contributed by atoms with Crippen molar-refractivity contribution in [2.45, 2.75) is 33.7 Å². The summed E-state index contributed by atoms with van der Waals surface area (Å²) in [6, 6.07) is 6.19. The van der Waals surface area contributed by atoms with Crippen LogP contribution in [-0.4, -0.2) is 33.4 Å². The van der Waals surface area contributed by atoms with Gasteiger partial charge in [-0.1, -0.05) is 6.07 Å². The number of hydrogen-bond acceptors (Lipinski definition) is 2. The SMILES string of the molecule is CCN(CC)C(=O)CCn1c(=S)[nH]c2ccc(C)cc21. The number of carbonyl (C=O) groups is 1. The number of aryl methyl sites for hydroxylation is 2. The van der Waals surface area contributed by atoms with E-state index in [4.69, 9.17) is 12.2 Å². The van der Waals surface area contributed by atoms with Crippen LogP contribution in [0.1, 0.15) is 25.8 Å². The zero-order chi connectivity index (χ0) is 14.7. The smallest absolute Gasteiger partial charge is 0.224 e. The monoisotopic (exact) mass is 291 g/mol. The first-order valence-corrected chi connectivity index (χ1v) is 7.44. The molecular formula is C15H21N3OS. The van der Waals surface area contributed by atoms with E-state index < -0.39 is 0 Å². The zero-order valence-electron chi connectivity index (χ0n) is 12.3. The first-order valence-electron chi connectivity index (χ1n) is 7.03. The number of aromatic amines is 1. The summed E-state index contributed by atoms with van der Waals surface area (Å²) in [5.41, 5.74) is 3.29. The highest BCUT2D eigenvalue weighted by Gasteiger charge is 2.11.